The van der Waals surface area contributed by atoms with E-state index in [1.807, 2.05) is 0 Å². The summed E-state index contributed by atoms with van der Waals surface area (Å²) in [5.74, 6) is -7.59. The number of nitrogens with zero attached hydrogens (tertiary/aromatic N) is 4. The number of pyridine rings is 2. The summed E-state index contributed by atoms with van der Waals surface area (Å²) >= 11 is 0. The average molecular weight is 556 g/mol. The van der Waals surface area contributed by atoms with Crippen molar-refractivity contribution in [2.45, 2.75) is 11.9 Å². The number of alkyl halides is 3. The Balaban J connectivity index is 1.59. The van der Waals surface area contributed by atoms with Gasteiger partial charge in [-0.3, -0.25) is 9.71 Å². The van der Waals surface area contributed by atoms with Gasteiger partial charge in [0.15, 0.2) is 17.4 Å². The van der Waals surface area contributed by atoms with E-state index >= 15 is 0 Å². The van der Waals surface area contributed by atoms with E-state index < -0.39 is 56.5 Å². The summed E-state index contributed by atoms with van der Waals surface area (Å²) < 4.78 is 114. The van der Waals surface area contributed by atoms with Gasteiger partial charge in [-0.2, -0.15) is 17.6 Å². The lowest BCUT2D eigenvalue weighted by Crippen LogP contribution is -2.18. The molecule has 3 heterocycles. The normalized spacial score (nSPS) is 11.8. The molecule has 0 fully saturated rings. The number of nitrogens with one attached hydrogen (secondary N) is 1. The van der Waals surface area contributed by atoms with Crippen LogP contribution in [0, 0.1) is 17.5 Å². The Bertz CT molecular complexity index is 1600. The molecule has 0 bridgehead atoms. The predicted molar refractivity (Wildman–Crippen MR) is 122 cm³/mol. The number of hydrogen-bond donors (Lipinski definition) is 2. The first-order valence-corrected chi connectivity index (χ1v) is 11.9. The van der Waals surface area contributed by atoms with Gasteiger partial charge in [0, 0.05) is 24.7 Å². The highest BCUT2D eigenvalue weighted by Gasteiger charge is 2.32. The molecular formula is C22H14F6N6O3S. The Hall–Kier alpha value is -4.47. The number of nitrogen functional groups attached to an aromatic ring is 1. The van der Waals surface area contributed by atoms with Crippen molar-refractivity contribution in [2.24, 2.45) is 0 Å². The highest BCUT2D eigenvalue weighted by Crippen LogP contribution is 2.36. The van der Waals surface area contributed by atoms with Crippen LogP contribution >= 0.6 is 0 Å². The molecule has 0 radical (unpaired) electrons. The molecular weight excluding hydrogens is 542 g/mol. The maximum Gasteiger partial charge on any atom is 0.433 e. The zero-order valence-electron chi connectivity index (χ0n) is 18.7. The quantitative estimate of drug-likeness (QED) is 0.248. The van der Waals surface area contributed by atoms with E-state index in [0.29, 0.717) is 18.3 Å². The van der Waals surface area contributed by atoms with Crippen LogP contribution in [0.1, 0.15) is 11.3 Å². The molecule has 4 rings (SSSR count). The maximum atomic E-state index is 14.8. The second-order valence-corrected chi connectivity index (χ2v) is 9.25. The van der Waals surface area contributed by atoms with Crippen LogP contribution in [0.3, 0.4) is 0 Å². The van der Waals surface area contributed by atoms with Crippen LogP contribution in [0.15, 0.2) is 55.0 Å². The molecule has 0 aliphatic rings. The summed E-state index contributed by atoms with van der Waals surface area (Å²) in [7, 11) is -4.61. The zero-order valence-corrected chi connectivity index (χ0v) is 19.5. The number of aromatic nitrogens is 4. The van der Waals surface area contributed by atoms with E-state index in [2.05, 4.69) is 19.9 Å². The van der Waals surface area contributed by atoms with Crippen molar-refractivity contribution in [3.63, 3.8) is 0 Å². The number of halogens is 6. The van der Waals surface area contributed by atoms with E-state index in [0.717, 1.165) is 6.07 Å². The third-order valence-electron chi connectivity index (χ3n) is 4.78. The van der Waals surface area contributed by atoms with Gasteiger partial charge < -0.3 is 10.5 Å². The Labute approximate surface area is 210 Å². The summed E-state index contributed by atoms with van der Waals surface area (Å²) in [4.78, 5) is 14.7. The molecule has 0 saturated heterocycles. The Morgan fingerprint density at radius 1 is 0.974 bits per heavy atom. The van der Waals surface area contributed by atoms with E-state index in [-0.39, 0.29) is 28.6 Å². The minimum atomic E-state index is -4.75. The number of hydrogen-bond acceptors (Lipinski definition) is 8. The molecule has 0 saturated carbocycles. The second-order valence-electron chi connectivity index (χ2n) is 7.53. The molecule has 1 aromatic carbocycles. The van der Waals surface area contributed by atoms with Crippen molar-refractivity contribution in [2.75, 3.05) is 10.5 Å². The van der Waals surface area contributed by atoms with Gasteiger partial charge in [0.1, 0.15) is 11.4 Å². The molecule has 3 N–H and O–H groups in total. The van der Waals surface area contributed by atoms with Crippen LogP contribution in [0.25, 0.3) is 11.3 Å². The van der Waals surface area contributed by atoms with Crippen molar-refractivity contribution < 1.29 is 39.5 Å². The number of ether oxygens (including phenoxy) is 1. The van der Waals surface area contributed by atoms with Crippen molar-refractivity contribution >= 4 is 21.7 Å². The molecule has 9 nitrogen and oxygen atoms in total. The van der Waals surface area contributed by atoms with Crippen LogP contribution in [-0.2, 0) is 22.0 Å². The fourth-order valence-electron chi connectivity index (χ4n) is 3.12. The SMILES string of the molecule is Nc1nccc(-c2cccnc2Oc2cc(F)c(NS(=O)(=O)Cc3ccc(C(F)(F)F)nc3)c(F)c2F)n1. The van der Waals surface area contributed by atoms with Crippen molar-refractivity contribution in [3.05, 3.63) is 83.7 Å². The Kier molecular flexibility index (Phi) is 7.08. The summed E-state index contributed by atoms with van der Waals surface area (Å²) in [6.45, 7) is 0. The van der Waals surface area contributed by atoms with Gasteiger partial charge in [0.25, 0.3) is 0 Å². The Morgan fingerprint density at radius 2 is 1.74 bits per heavy atom. The molecule has 0 unspecified atom stereocenters. The van der Waals surface area contributed by atoms with Gasteiger partial charge in [-0.1, -0.05) is 6.07 Å². The summed E-state index contributed by atoms with van der Waals surface area (Å²) in [6.07, 6.45) is -1.52. The van der Waals surface area contributed by atoms with Crippen LogP contribution in [0.2, 0.25) is 0 Å². The monoisotopic (exact) mass is 556 g/mol. The van der Waals surface area contributed by atoms with Crippen LogP contribution in [0.5, 0.6) is 11.6 Å². The first-order valence-electron chi connectivity index (χ1n) is 10.3. The first-order chi connectivity index (χ1) is 17.8. The van der Waals surface area contributed by atoms with Crippen molar-refractivity contribution in [3.8, 4) is 22.9 Å². The minimum Gasteiger partial charge on any atom is -0.435 e. The van der Waals surface area contributed by atoms with E-state index in [1.54, 1.807) is 4.72 Å². The van der Waals surface area contributed by atoms with Gasteiger partial charge in [0.2, 0.25) is 27.7 Å². The number of benzene rings is 1. The topological polar surface area (TPSA) is 133 Å². The zero-order chi connectivity index (χ0) is 27.7. The van der Waals surface area contributed by atoms with Gasteiger partial charge in [-0.25, -0.2) is 32.2 Å². The molecule has 0 aliphatic heterocycles. The van der Waals surface area contributed by atoms with Gasteiger partial charge in [-0.05, 0) is 29.8 Å². The van der Waals surface area contributed by atoms with Gasteiger partial charge >= 0.3 is 6.18 Å². The van der Waals surface area contributed by atoms with Crippen LogP contribution in [0.4, 0.5) is 38.0 Å². The van der Waals surface area contributed by atoms with Crippen molar-refractivity contribution in [1.29, 1.82) is 0 Å². The number of nitrogens with two attached hydrogens (primary N) is 1. The minimum absolute atomic E-state index is 0.0933. The van der Waals surface area contributed by atoms with E-state index in [4.69, 9.17) is 10.5 Å². The highest BCUT2D eigenvalue weighted by molar-refractivity contribution is 7.91. The number of sulfonamides is 1. The average Bonchev–Trinajstić information content (AvgIpc) is 2.85. The van der Waals surface area contributed by atoms with Gasteiger partial charge in [0.05, 0.1) is 17.0 Å². The van der Waals surface area contributed by atoms with Crippen LogP contribution < -0.4 is 15.2 Å². The van der Waals surface area contributed by atoms with Crippen molar-refractivity contribution in [1.82, 2.24) is 19.9 Å². The molecule has 16 heteroatoms. The molecule has 0 spiro atoms. The number of anilines is 2. The molecule has 0 aliphatic carbocycles. The maximum absolute atomic E-state index is 14.8. The molecule has 198 valence electrons. The molecule has 0 amide bonds. The van der Waals surface area contributed by atoms with Crippen LogP contribution in [-0.4, -0.2) is 28.4 Å². The second kappa shape index (κ2) is 10.1. The molecule has 38 heavy (non-hydrogen) atoms. The third-order valence-corrected chi connectivity index (χ3v) is 6.01. The number of rotatable bonds is 7. The smallest absolute Gasteiger partial charge is 0.433 e. The first kappa shape index (κ1) is 26.6. The largest absolute Gasteiger partial charge is 0.435 e. The highest BCUT2D eigenvalue weighted by atomic mass is 32.2. The fraction of sp³-hybridized carbons (Fsp3) is 0.0909. The Morgan fingerprint density at radius 3 is 2.39 bits per heavy atom. The summed E-state index contributed by atoms with van der Waals surface area (Å²) in [5, 5.41) is 0. The third kappa shape index (κ3) is 5.91. The molecule has 4 aromatic rings. The lowest BCUT2D eigenvalue weighted by molar-refractivity contribution is -0.141. The summed E-state index contributed by atoms with van der Waals surface area (Å²) in [6, 6.07) is 6.15. The summed E-state index contributed by atoms with van der Waals surface area (Å²) in [5.41, 5.74) is 3.10. The van der Waals surface area contributed by atoms with Gasteiger partial charge in [-0.15, -0.1) is 0 Å². The fourth-order valence-corrected chi connectivity index (χ4v) is 4.30. The molecule has 0 atom stereocenters. The lowest BCUT2D eigenvalue weighted by atomic mass is 10.2. The standard InChI is InChI=1S/C22H14F6N6O3S/c23-13-8-15(37-20-12(2-1-6-30-20)14-5-7-31-21(29)33-14)17(24)18(25)19(13)34-38(35,36)10-11-3-4-16(32-9-11)22(26,27)28/h1-9,34H,10H2,(H2,29,31,33). The molecule has 3 aromatic heterocycles. The van der Waals surface area contributed by atoms with E-state index in [9.17, 15) is 34.8 Å². The lowest BCUT2D eigenvalue weighted by Gasteiger charge is -2.14. The predicted octanol–water partition coefficient (Wildman–Crippen LogP) is 4.69. The van der Waals surface area contributed by atoms with E-state index in [1.165, 1.54) is 30.6 Å².